The Morgan fingerprint density at radius 3 is 2.74 bits per heavy atom. The maximum Gasteiger partial charge on any atom is 0.0992 e. The van der Waals surface area contributed by atoms with Crippen molar-refractivity contribution in [2.75, 3.05) is 6.54 Å². The minimum Gasteiger partial charge on any atom is -0.296 e. The number of piperidine rings is 1. The highest BCUT2D eigenvalue weighted by molar-refractivity contribution is 6.31. The van der Waals surface area contributed by atoms with E-state index in [2.05, 4.69) is 31.7 Å². The fraction of sp³-hybridized carbons (Fsp3) is 0.562. The lowest BCUT2D eigenvalue weighted by Gasteiger charge is -2.41. The third-order valence-electron chi connectivity index (χ3n) is 4.28. The molecule has 0 N–H and O–H groups in total. The van der Waals surface area contributed by atoms with Gasteiger partial charge in [0.1, 0.15) is 0 Å². The molecule has 0 spiro atoms. The van der Waals surface area contributed by atoms with Crippen molar-refractivity contribution in [2.45, 2.75) is 39.8 Å². The molecule has 0 aliphatic carbocycles. The zero-order valence-corrected chi connectivity index (χ0v) is 12.6. The molecule has 2 rings (SSSR count). The van der Waals surface area contributed by atoms with Crippen molar-refractivity contribution in [1.29, 1.82) is 5.26 Å². The van der Waals surface area contributed by atoms with Crippen LogP contribution in [0.3, 0.4) is 0 Å². The molecule has 3 atom stereocenters. The van der Waals surface area contributed by atoms with Gasteiger partial charge in [0.2, 0.25) is 0 Å². The summed E-state index contributed by atoms with van der Waals surface area (Å²) in [5.41, 5.74) is 1.75. The second-order valence-corrected chi connectivity index (χ2v) is 6.31. The minimum atomic E-state index is 0.586. The van der Waals surface area contributed by atoms with Gasteiger partial charge in [-0.2, -0.15) is 5.26 Å². The second-order valence-electron chi connectivity index (χ2n) is 5.91. The van der Waals surface area contributed by atoms with E-state index in [1.807, 2.05) is 12.1 Å². The van der Waals surface area contributed by atoms with Gasteiger partial charge in [-0.3, -0.25) is 4.90 Å². The summed E-state index contributed by atoms with van der Waals surface area (Å²) in [6, 6.07) is 8.31. The first-order chi connectivity index (χ1) is 9.01. The summed E-state index contributed by atoms with van der Waals surface area (Å²) in [6.07, 6.45) is 1.30. The Morgan fingerprint density at radius 1 is 1.37 bits per heavy atom. The third-order valence-corrected chi connectivity index (χ3v) is 4.63. The normalized spacial score (nSPS) is 28.1. The lowest BCUT2D eigenvalue weighted by molar-refractivity contribution is 0.0730. The van der Waals surface area contributed by atoms with E-state index in [4.69, 9.17) is 16.9 Å². The molecular weight excluding hydrogens is 256 g/mol. The number of hydrogen-bond donors (Lipinski definition) is 0. The first kappa shape index (κ1) is 14.4. The van der Waals surface area contributed by atoms with Gasteiger partial charge in [-0.1, -0.05) is 31.5 Å². The molecule has 0 radical (unpaired) electrons. The monoisotopic (exact) mass is 276 g/mol. The molecule has 19 heavy (non-hydrogen) atoms. The van der Waals surface area contributed by atoms with E-state index >= 15 is 0 Å². The largest absolute Gasteiger partial charge is 0.296 e. The Kier molecular flexibility index (Phi) is 4.50. The Balaban J connectivity index is 2.14. The molecule has 0 aromatic heterocycles. The first-order valence-corrected chi connectivity index (χ1v) is 7.31. The second kappa shape index (κ2) is 5.94. The summed E-state index contributed by atoms with van der Waals surface area (Å²) in [7, 11) is 0. The van der Waals surface area contributed by atoms with Gasteiger partial charge in [-0.05, 0) is 42.9 Å². The van der Waals surface area contributed by atoms with E-state index in [0.29, 0.717) is 16.6 Å². The Bertz CT molecular complexity index is 492. The van der Waals surface area contributed by atoms with Gasteiger partial charge in [-0.25, -0.2) is 0 Å². The summed E-state index contributed by atoms with van der Waals surface area (Å²) in [5, 5.41) is 9.57. The maximum atomic E-state index is 8.87. The Hall–Kier alpha value is -1.04. The molecule has 0 bridgehead atoms. The molecule has 1 aromatic carbocycles. The number of nitriles is 1. The molecule has 1 heterocycles. The van der Waals surface area contributed by atoms with Crippen LogP contribution in [0.25, 0.3) is 0 Å². The van der Waals surface area contributed by atoms with Crippen LogP contribution in [0, 0.1) is 23.2 Å². The highest BCUT2D eigenvalue weighted by Crippen LogP contribution is 2.29. The topological polar surface area (TPSA) is 27.0 Å². The zero-order valence-electron chi connectivity index (χ0n) is 11.9. The molecule has 1 aromatic rings. The highest BCUT2D eigenvalue weighted by Gasteiger charge is 2.28. The predicted molar refractivity (Wildman–Crippen MR) is 79.0 cm³/mol. The SMILES string of the molecule is CC1CC(C)C(C)N(Cc2ccc(C#N)cc2Cl)C1. The van der Waals surface area contributed by atoms with Crippen molar-refractivity contribution in [1.82, 2.24) is 4.90 Å². The number of likely N-dealkylation sites (tertiary alicyclic amines) is 1. The molecule has 0 amide bonds. The molecule has 3 heteroatoms. The van der Waals surface area contributed by atoms with E-state index in [-0.39, 0.29) is 0 Å². The molecule has 1 fully saturated rings. The van der Waals surface area contributed by atoms with Crippen LogP contribution in [0.15, 0.2) is 18.2 Å². The average Bonchev–Trinajstić information content (AvgIpc) is 2.37. The zero-order chi connectivity index (χ0) is 14.0. The molecule has 0 saturated carbocycles. The summed E-state index contributed by atoms with van der Waals surface area (Å²) in [4.78, 5) is 2.51. The van der Waals surface area contributed by atoms with Gasteiger partial charge in [-0.15, -0.1) is 0 Å². The minimum absolute atomic E-state index is 0.586. The van der Waals surface area contributed by atoms with Gasteiger partial charge in [0.25, 0.3) is 0 Å². The number of halogens is 1. The van der Waals surface area contributed by atoms with Crippen LogP contribution < -0.4 is 0 Å². The lowest BCUT2D eigenvalue weighted by Crippen LogP contribution is -2.45. The van der Waals surface area contributed by atoms with Crippen LogP contribution in [0.4, 0.5) is 0 Å². The van der Waals surface area contributed by atoms with Gasteiger partial charge in [0.05, 0.1) is 11.6 Å². The molecule has 102 valence electrons. The summed E-state index contributed by atoms with van der Waals surface area (Å²) < 4.78 is 0. The standard InChI is InChI=1S/C16H21ClN2/c1-11-6-12(2)13(3)19(9-11)10-15-5-4-14(8-18)7-16(15)17/h4-5,7,11-13H,6,9-10H2,1-3H3. The van der Waals surface area contributed by atoms with Crippen LogP contribution in [0.2, 0.25) is 5.02 Å². The molecule has 3 unspecified atom stereocenters. The van der Waals surface area contributed by atoms with Crippen molar-refractivity contribution >= 4 is 11.6 Å². The van der Waals surface area contributed by atoms with Gasteiger partial charge in [0.15, 0.2) is 0 Å². The maximum absolute atomic E-state index is 8.87. The van der Waals surface area contributed by atoms with Crippen molar-refractivity contribution in [3.8, 4) is 6.07 Å². The van der Waals surface area contributed by atoms with Crippen molar-refractivity contribution in [3.63, 3.8) is 0 Å². The van der Waals surface area contributed by atoms with E-state index in [1.54, 1.807) is 6.07 Å². The predicted octanol–water partition coefficient (Wildman–Crippen LogP) is 4.08. The van der Waals surface area contributed by atoms with Crippen LogP contribution in [-0.2, 0) is 6.54 Å². The smallest absolute Gasteiger partial charge is 0.0992 e. The van der Waals surface area contributed by atoms with Crippen LogP contribution in [0.5, 0.6) is 0 Å². The van der Waals surface area contributed by atoms with Crippen LogP contribution >= 0.6 is 11.6 Å². The summed E-state index contributed by atoms with van der Waals surface area (Å²) in [5.74, 6) is 1.46. The van der Waals surface area contributed by atoms with Crippen molar-refractivity contribution < 1.29 is 0 Å². The molecule has 1 aliphatic heterocycles. The third kappa shape index (κ3) is 3.29. The molecule has 1 saturated heterocycles. The van der Waals surface area contributed by atoms with E-state index in [9.17, 15) is 0 Å². The number of benzene rings is 1. The first-order valence-electron chi connectivity index (χ1n) is 6.93. The Morgan fingerprint density at radius 2 is 2.11 bits per heavy atom. The van der Waals surface area contributed by atoms with Crippen molar-refractivity contribution in [3.05, 3.63) is 34.3 Å². The quantitative estimate of drug-likeness (QED) is 0.814. The van der Waals surface area contributed by atoms with E-state index < -0.39 is 0 Å². The molecule has 2 nitrogen and oxygen atoms in total. The van der Waals surface area contributed by atoms with Gasteiger partial charge in [0, 0.05) is 24.2 Å². The molecule has 1 aliphatic rings. The summed E-state index contributed by atoms with van der Waals surface area (Å²) in [6.45, 7) is 8.94. The van der Waals surface area contributed by atoms with E-state index in [1.165, 1.54) is 6.42 Å². The van der Waals surface area contributed by atoms with Crippen molar-refractivity contribution in [2.24, 2.45) is 11.8 Å². The highest BCUT2D eigenvalue weighted by atomic mass is 35.5. The van der Waals surface area contributed by atoms with Crippen LogP contribution in [0.1, 0.15) is 38.3 Å². The average molecular weight is 277 g/mol. The van der Waals surface area contributed by atoms with Crippen LogP contribution in [-0.4, -0.2) is 17.5 Å². The number of hydrogen-bond acceptors (Lipinski definition) is 2. The summed E-state index contributed by atoms with van der Waals surface area (Å²) >= 11 is 6.27. The lowest BCUT2D eigenvalue weighted by atomic mass is 9.86. The van der Waals surface area contributed by atoms with Gasteiger partial charge < -0.3 is 0 Å². The number of nitrogens with zero attached hydrogens (tertiary/aromatic N) is 2. The van der Waals surface area contributed by atoms with Gasteiger partial charge >= 0.3 is 0 Å². The molecular formula is C16H21ClN2. The number of rotatable bonds is 2. The fourth-order valence-electron chi connectivity index (χ4n) is 3.01. The fourth-order valence-corrected chi connectivity index (χ4v) is 3.25. The van der Waals surface area contributed by atoms with E-state index in [0.717, 1.165) is 30.5 Å². The Labute approximate surface area is 121 Å².